The summed E-state index contributed by atoms with van der Waals surface area (Å²) in [5.41, 5.74) is 4.01. The monoisotopic (exact) mass is 698 g/mol. The third-order valence-electron chi connectivity index (χ3n) is 10.5. The lowest BCUT2D eigenvalue weighted by atomic mass is 9.70. The second-order valence-electron chi connectivity index (χ2n) is 15.3. The lowest BCUT2D eigenvalue weighted by molar-refractivity contribution is -0.138. The molecule has 50 heavy (non-hydrogen) atoms. The second-order valence-corrected chi connectivity index (χ2v) is 16.4. The average Bonchev–Trinajstić information content (AvgIpc) is 3.63. The summed E-state index contributed by atoms with van der Waals surface area (Å²) in [6.45, 7) is 8.00. The number of nitrogens with one attached hydrogen (secondary N) is 2. The van der Waals surface area contributed by atoms with Gasteiger partial charge in [-0.3, -0.25) is 14.4 Å². The van der Waals surface area contributed by atoms with Gasteiger partial charge in [-0.25, -0.2) is 9.97 Å². The fraction of sp³-hybridized carbons (Fsp3) is 0.537. The Morgan fingerprint density at radius 2 is 1.64 bits per heavy atom. The molecule has 0 saturated heterocycles. The molecule has 5 rings (SSSR count). The maximum Gasteiger partial charge on any atom is 0.322 e. The van der Waals surface area contributed by atoms with E-state index in [4.69, 9.17) is 15.1 Å². The summed E-state index contributed by atoms with van der Waals surface area (Å²) >= 11 is 1.39. The number of hydrogen-bond acceptors (Lipinski definition) is 6. The molecule has 9 heteroatoms. The lowest BCUT2D eigenvalue weighted by Crippen LogP contribution is -2.49. The smallest absolute Gasteiger partial charge is 0.322 e. The normalized spacial score (nSPS) is 20.1. The zero-order chi connectivity index (χ0) is 35.7. The number of rotatable bonds is 14. The molecule has 1 aromatic carbocycles. The van der Waals surface area contributed by atoms with Crippen LogP contribution in [0, 0.1) is 17.8 Å². The van der Waals surface area contributed by atoms with E-state index in [-0.39, 0.29) is 17.7 Å². The van der Waals surface area contributed by atoms with Gasteiger partial charge in [-0.15, -0.1) is 11.3 Å². The fourth-order valence-corrected chi connectivity index (χ4v) is 8.40. The highest BCUT2D eigenvalue weighted by Crippen LogP contribution is 2.42. The molecular weight excluding hydrogens is 645 g/mol. The summed E-state index contributed by atoms with van der Waals surface area (Å²) in [5.74, 6) is 1.20. The van der Waals surface area contributed by atoms with Gasteiger partial charge < -0.3 is 15.7 Å². The van der Waals surface area contributed by atoms with Crippen molar-refractivity contribution in [3.8, 4) is 11.4 Å². The number of benzene rings is 1. The Morgan fingerprint density at radius 3 is 2.24 bits per heavy atom. The quantitative estimate of drug-likeness (QED) is 0.145. The van der Waals surface area contributed by atoms with E-state index < -0.39 is 24.5 Å². The third-order valence-corrected chi connectivity index (χ3v) is 12.0. The van der Waals surface area contributed by atoms with Crippen LogP contribution in [-0.2, 0) is 21.4 Å². The van der Waals surface area contributed by atoms with Crippen molar-refractivity contribution in [2.24, 2.45) is 17.8 Å². The summed E-state index contributed by atoms with van der Waals surface area (Å²) in [4.78, 5) is 48.2. The molecule has 3 aromatic rings. The van der Waals surface area contributed by atoms with E-state index in [0.717, 1.165) is 52.2 Å². The minimum atomic E-state index is -1.15. The van der Waals surface area contributed by atoms with E-state index in [1.54, 1.807) is 6.07 Å². The molecular formula is C41H54N4O4S. The number of hydrogen-bond donors (Lipinski definition) is 3. The number of carbonyl (C=O) groups excluding carboxylic acids is 2. The topological polar surface area (TPSA) is 121 Å². The molecule has 2 aliphatic carbocycles. The van der Waals surface area contributed by atoms with Gasteiger partial charge in [-0.05, 0) is 78.5 Å². The van der Waals surface area contributed by atoms with Crippen LogP contribution in [0.1, 0.15) is 124 Å². The first-order valence-electron chi connectivity index (χ1n) is 18.5. The highest BCUT2D eigenvalue weighted by atomic mass is 32.1. The van der Waals surface area contributed by atoms with Crippen molar-refractivity contribution in [2.45, 2.75) is 116 Å². The van der Waals surface area contributed by atoms with E-state index in [1.165, 1.54) is 74.7 Å². The van der Waals surface area contributed by atoms with E-state index in [2.05, 4.69) is 44.4 Å². The van der Waals surface area contributed by atoms with Crippen LogP contribution in [0.4, 0.5) is 0 Å². The van der Waals surface area contributed by atoms with Gasteiger partial charge in [0.2, 0.25) is 5.91 Å². The molecule has 2 amide bonds. The van der Waals surface area contributed by atoms with Gasteiger partial charge in [0, 0.05) is 34.8 Å². The summed E-state index contributed by atoms with van der Waals surface area (Å²) in [7, 11) is 0. The number of carboxylic acids is 1. The fourth-order valence-electron chi connectivity index (χ4n) is 7.43. The van der Waals surface area contributed by atoms with E-state index in [0.29, 0.717) is 10.7 Å². The zero-order valence-corrected chi connectivity index (χ0v) is 31.0. The number of nitrogens with zero attached hydrogens (tertiary/aromatic N) is 2. The molecule has 2 unspecified atom stereocenters. The van der Waals surface area contributed by atoms with Crippen LogP contribution in [0.25, 0.3) is 17.0 Å². The average molecular weight is 699 g/mol. The Morgan fingerprint density at radius 1 is 0.920 bits per heavy atom. The number of aromatic nitrogens is 2. The van der Waals surface area contributed by atoms with E-state index in [9.17, 15) is 14.4 Å². The largest absolute Gasteiger partial charge is 0.480 e. The molecule has 2 aromatic heterocycles. The number of amides is 2. The van der Waals surface area contributed by atoms with Crippen LogP contribution in [0.2, 0.25) is 0 Å². The molecule has 268 valence electrons. The Labute approximate surface area is 301 Å². The summed E-state index contributed by atoms with van der Waals surface area (Å²) in [5, 5.41) is 14.3. The van der Waals surface area contributed by atoms with Crippen molar-refractivity contribution in [3.05, 3.63) is 75.7 Å². The second kappa shape index (κ2) is 17.4. The van der Waals surface area contributed by atoms with Crippen molar-refractivity contribution in [3.63, 3.8) is 0 Å². The van der Waals surface area contributed by atoms with Gasteiger partial charge in [0.25, 0.3) is 5.91 Å². The Kier molecular flexibility index (Phi) is 13.0. The highest BCUT2D eigenvalue weighted by Gasteiger charge is 2.29. The summed E-state index contributed by atoms with van der Waals surface area (Å²) in [6, 6.07) is 10.3. The lowest BCUT2D eigenvalue weighted by Gasteiger charge is -2.35. The minimum absolute atomic E-state index is 0.101. The zero-order valence-electron chi connectivity index (χ0n) is 30.2. The molecule has 0 spiro atoms. The number of carboxylic acid groups (broad SMARTS) is 1. The van der Waals surface area contributed by atoms with Crippen molar-refractivity contribution < 1.29 is 19.5 Å². The van der Waals surface area contributed by atoms with Gasteiger partial charge in [-0.1, -0.05) is 96.6 Å². The molecule has 2 atom stereocenters. The van der Waals surface area contributed by atoms with E-state index >= 15 is 0 Å². The Balaban J connectivity index is 1.17. The molecule has 1 saturated carbocycles. The minimum Gasteiger partial charge on any atom is -0.480 e. The predicted octanol–water partition coefficient (Wildman–Crippen LogP) is 8.61. The molecule has 1 fully saturated rings. The van der Waals surface area contributed by atoms with Gasteiger partial charge in [0.15, 0.2) is 5.82 Å². The molecule has 2 aliphatic rings. The molecule has 2 heterocycles. The standard InChI is InChI=1S/C41H54N4O4S/c1-5-6-7-8-27-9-13-29(14-10-27)30-17-19-31(20-18-30)33-24-42-38(43-25-33)32-15-11-28(12-16-32)23-34(39(48)44-26-37(46)47)45-40(49)35-21-22-36(50-35)41(2,3)4/h11-12,15-16,19,21-22,24-25,27,29-30,34H,5-10,13-14,17-18,20,23,26H2,1-4H3,(H,44,48)(H,45,49)(H,46,47). The van der Waals surface area contributed by atoms with Crippen LogP contribution < -0.4 is 10.6 Å². The molecule has 3 N–H and O–H groups in total. The Bertz CT molecular complexity index is 1620. The number of unbranched alkanes of at least 4 members (excludes halogenated alkanes) is 2. The molecule has 8 nitrogen and oxygen atoms in total. The number of allylic oxidation sites excluding steroid dienone is 2. The van der Waals surface area contributed by atoms with Crippen molar-refractivity contribution in [1.29, 1.82) is 0 Å². The van der Waals surface area contributed by atoms with Crippen LogP contribution in [0.3, 0.4) is 0 Å². The van der Waals surface area contributed by atoms with Crippen molar-refractivity contribution >= 4 is 34.7 Å². The van der Waals surface area contributed by atoms with Crippen LogP contribution in [-0.4, -0.2) is 45.4 Å². The molecule has 0 aliphatic heterocycles. The van der Waals surface area contributed by atoms with Crippen LogP contribution >= 0.6 is 11.3 Å². The summed E-state index contributed by atoms with van der Waals surface area (Å²) < 4.78 is 0. The Hall–Kier alpha value is -3.85. The van der Waals surface area contributed by atoms with Crippen LogP contribution in [0.15, 0.2) is 54.9 Å². The van der Waals surface area contributed by atoms with Gasteiger partial charge in [0.05, 0.1) is 4.88 Å². The number of aliphatic carboxylic acids is 1. The molecule has 0 bridgehead atoms. The highest BCUT2D eigenvalue weighted by molar-refractivity contribution is 7.14. The number of carbonyl (C=O) groups is 3. The SMILES string of the molecule is CCCCCC1CCC(C2CC=C(c3cnc(-c4ccc(CC(NC(=O)c5ccc(C(C)(C)C)s5)C(=O)NCC(=O)O)cc4)nc3)CC2)CC1. The number of thiophene rings is 1. The van der Waals surface area contributed by atoms with Gasteiger partial charge in [-0.2, -0.15) is 0 Å². The van der Waals surface area contributed by atoms with Crippen molar-refractivity contribution in [1.82, 2.24) is 20.6 Å². The first kappa shape index (κ1) is 37.4. The first-order valence-corrected chi connectivity index (χ1v) is 19.3. The first-order chi connectivity index (χ1) is 24.0. The van der Waals surface area contributed by atoms with Gasteiger partial charge in [0.1, 0.15) is 12.6 Å². The predicted molar refractivity (Wildman–Crippen MR) is 201 cm³/mol. The summed E-state index contributed by atoms with van der Waals surface area (Å²) in [6.07, 6.45) is 21.2. The molecule has 0 radical (unpaired) electrons. The van der Waals surface area contributed by atoms with E-state index in [1.807, 2.05) is 42.7 Å². The van der Waals surface area contributed by atoms with Crippen molar-refractivity contribution in [2.75, 3.05) is 6.54 Å². The third kappa shape index (κ3) is 10.3. The van der Waals surface area contributed by atoms with Gasteiger partial charge >= 0.3 is 5.97 Å². The maximum absolute atomic E-state index is 13.1. The maximum atomic E-state index is 13.1. The van der Waals surface area contributed by atoms with Crippen LogP contribution in [0.5, 0.6) is 0 Å².